The van der Waals surface area contributed by atoms with Crippen LogP contribution in [0.25, 0.3) is 0 Å². The largest absolute Gasteiger partial charge is 0.490 e. The molecular formula is C16H22BrNO4. The van der Waals surface area contributed by atoms with Crippen LogP contribution < -0.4 is 4.74 Å². The van der Waals surface area contributed by atoms with E-state index in [1.165, 1.54) is 0 Å². The summed E-state index contributed by atoms with van der Waals surface area (Å²) in [5.41, 5.74) is -0.490. The summed E-state index contributed by atoms with van der Waals surface area (Å²) in [7, 11) is 0. The van der Waals surface area contributed by atoms with Crippen molar-refractivity contribution in [1.29, 1.82) is 0 Å². The molecule has 0 radical (unpaired) electrons. The van der Waals surface area contributed by atoms with E-state index in [2.05, 4.69) is 15.9 Å². The minimum Gasteiger partial charge on any atom is -0.490 e. The van der Waals surface area contributed by atoms with Gasteiger partial charge < -0.3 is 19.1 Å². The molecule has 0 bridgehead atoms. The van der Waals surface area contributed by atoms with Gasteiger partial charge in [0.1, 0.15) is 24.1 Å². The van der Waals surface area contributed by atoms with Gasteiger partial charge in [0, 0.05) is 6.54 Å². The number of benzene rings is 1. The molecule has 1 heterocycles. The van der Waals surface area contributed by atoms with Gasteiger partial charge in [-0.1, -0.05) is 12.1 Å². The van der Waals surface area contributed by atoms with Crippen LogP contribution in [-0.4, -0.2) is 49.0 Å². The Morgan fingerprint density at radius 2 is 2.14 bits per heavy atom. The van der Waals surface area contributed by atoms with Gasteiger partial charge in [0.15, 0.2) is 0 Å². The predicted octanol–water partition coefficient (Wildman–Crippen LogP) is 3.46. The van der Waals surface area contributed by atoms with Crippen molar-refractivity contribution >= 4 is 22.0 Å². The molecule has 0 spiro atoms. The lowest BCUT2D eigenvalue weighted by molar-refractivity contribution is -0.0557. The summed E-state index contributed by atoms with van der Waals surface area (Å²) in [4.78, 5) is 13.8. The van der Waals surface area contributed by atoms with Crippen LogP contribution in [0.3, 0.4) is 0 Å². The lowest BCUT2D eigenvalue weighted by atomic mass is 10.2. The molecule has 122 valence electrons. The fourth-order valence-electron chi connectivity index (χ4n) is 2.06. The zero-order valence-corrected chi connectivity index (χ0v) is 14.8. The van der Waals surface area contributed by atoms with Crippen LogP contribution in [0.4, 0.5) is 4.79 Å². The Morgan fingerprint density at radius 1 is 1.41 bits per heavy atom. The first-order valence-electron chi connectivity index (χ1n) is 7.32. The van der Waals surface area contributed by atoms with Crippen molar-refractivity contribution in [2.45, 2.75) is 32.5 Å². The zero-order valence-electron chi connectivity index (χ0n) is 13.2. The van der Waals surface area contributed by atoms with Gasteiger partial charge in [0.2, 0.25) is 0 Å². The fraction of sp³-hybridized carbons (Fsp3) is 0.562. The molecule has 1 aromatic carbocycles. The highest BCUT2D eigenvalue weighted by Crippen LogP contribution is 2.24. The van der Waals surface area contributed by atoms with Crippen molar-refractivity contribution < 1.29 is 19.0 Å². The van der Waals surface area contributed by atoms with Crippen LogP contribution in [-0.2, 0) is 9.47 Å². The van der Waals surface area contributed by atoms with Crippen molar-refractivity contribution in [3.63, 3.8) is 0 Å². The number of hydrogen-bond donors (Lipinski definition) is 0. The number of hydrogen-bond acceptors (Lipinski definition) is 4. The quantitative estimate of drug-likeness (QED) is 0.815. The SMILES string of the molecule is CC(C)(C)OC(=O)N1CCO[C@@H](COc2ccccc2Br)C1. The molecule has 0 aliphatic carbocycles. The van der Waals surface area contributed by atoms with Gasteiger partial charge in [-0.25, -0.2) is 4.79 Å². The summed E-state index contributed by atoms with van der Waals surface area (Å²) in [6, 6.07) is 7.65. The van der Waals surface area contributed by atoms with E-state index >= 15 is 0 Å². The standard InChI is InChI=1S/C16H22BrNO4/c1-16(2,3)22-15(19)18-8-9-20-12(10-18)11-21-14-7-5-4-6-13(14)17/h4-7,12H,8-11H2,1-3H3/t12-/m1/s1. The van der Waals surface area contributed by atoms with Crippen molar-refractivity contribution in [3.8, 4) is 5.75 Å². The Balaban J connectivity index is 1.86. The first-order chi connectivity index (χ1) is 10.3. The molecule has 2 rings (SSSR count). The van der Waals surface area contributed by atoms with Crippen LogP contribution in [0, 0.1) is 0 Å². The van der Waals surface area contributed by atoms with E-state index in [1.54, 1.807) is 4.90 Å². The van der Waals surface area contributed by atoms with E-state index in [-0.39, 0.29) is 12.2 Å². The smallest absolute Gasteiger partial charge is 0.410 e. The Kier molecular flexibility index (Phi) is 5.69. The molecule has 5 nitrogen and oxygen atoms in total. The Labute approximate surface area is 139 Å². The fourth-order valence-corrected chi connectivity index (χ4v) is 2.46. The normalized spacial score (nSPS) is 18.9. The third-order valence-electron chi connectivity index (χ3n) is 3.05. The van der Waals surface area contributed by atoms with E-state index in [9.17, 15) is 4.79 Å². The van der Waals surface area contributed by atoms with Crippen molar-refractivity contribution in [1.82, 2.24) is 4.90 Å². The summed E-state index contributed by atoms with van der Waals surface area (Å²) in [6.07, 6.45) is -0.463. The topological polar surface area (TPSA) is 48.0 Å². The number of carbonyl (C=O) groups excluding carboxylic acids is 1. The lowest BCUT2D eigenvalue weighted by Gasteiger charge is -2.34. The van der Waals surface area contributed by atoms with Gasteiger partial charge in [0.25, 0.3) is 0 Å². The highest BCUT2D eigenvalue weighted by molar-refractivity contribution is 9.10. The van der Waals surface area contributed by atoms with Gasteiger partial charge in [-0.3, -0.25) is 0 Å². The lowest BCUT2D eigenvalue weighted by Crippen LogP contribution is -2.49. The van der Waals surface area contributed by atoms with Gasteiger partial charge >= 0.3 is 6.09 Å². The summed E-state index contributed by atoms with van der Waals surface area (Å²) in [6.45, 7) is 7.47. The Hall–Kier alpha value is -1.27. The number of amides is 1. The first kappa shape index (κ1) is 17.1. The molecule has 1 aliphatic heterocycles. The highest BCUT2D eigenvalue weighted by atomic mass is 79.9. The molecule has 1 aromatic rings. The van der Waals surface area contributed by atoms with E-state index < -0.39 is 5.60 Å². The number of ether oxygens (including phenoxy) is 3. The second kappa shape index (κ2) is 7.33. The van der Waals surface area contributed by atoms with E-state index in [0.717, 1.165) is 10.2 Å². The number of para-hydroxylation sites is 1. The van der Waals surface area contributed by atoms with Crippen LogP contribution >= 0.6 is 15.9 Å². The van der Waals surface area contributed by atoms with Gasteiger partial charge in [0.05, 0.1) is 17.6 Å². The molecule has 1 aliphatic rings. The highest BCUT2D eigenvalue weighted by Gasteiger charge is 2.28. The third-order valence-corrected chi connectivity index (χ3v) is 3.71. The summed E-state index contributed by atoms with van der Waals surface area (Å²) >= 11 is 3.44. The molecular weight excluding hydrogens is 350 g/mol. The van der Waals surface area contributed by atoms with E-state index in [4.69, 9.17) is 14.2 Å². The van der Waals surface area contributed by atoms with E-state index in [1.807, 2.05) is 45.0 Å². The molecule has 1 amide bonds. The maximum Gasteiger partial charge on any atom is 0.410 e. The maximum atomic E-state index is 12.1. The molecule has 22 heavy (non-hydrogen) atoms. The number of carbonyl (C=O) groups is 1. The zero-order chi connectivity index (χ0) is 16.2. The molecule has 6 heteroatoms. The second-order valence-electron chi connectivity index (χ2n) is 6.16. The van der Waals surface area contributed by atoms with Crippen molar-refractivity contribution in [2.24, 2.45) is 0 Å². The van der Waals surface area contributed by atoms with E-state index in [0.29, 0.717) is 26.3 Å². The summed E-state index contributed by atoms with van der Waals surface area (Å²) in [5, 5.41) is 0. The minimum atomic E-state index is -0.490. The molecule has 1 fully saturated rings. The average molecular weight is 372 g/mol. The maximum absolute atomic E-state index is 12.1. The number of halogens is 1. The summed E-state index contributed by atoms with van der Waals surface area (Å²) in [5.74, 6) is 0.764. The summed E-state index contributed by atoms with van der Waals surface area (Å²) < 4.78 is 17.7. The van der Waals surface area contributed by atoms with Crippen LogP contribution in [0.1, 0.15) is 20.8 Å². The number of morpholine rings is 1. The molecule has 0 aromatic heterocycles. The molecule has 1 saturated heterocycles. The van der Waals surface area contributed by atoms with Gasteiger partial charge in [-0.05, 0) is 48.8 Å². The van der Waals surface area contributed by atoms with Gasteiger partial charge in [-0.15, -0.1) is 0 Å². The molecule has 0 unspecified atom stereocenters. The first-order valence-corrected chi connectivity index (χ1v) is 8.11. The number of rotatable bonds is 3. The molecule has 1 atom stereocenters. The Bertz CT molecular complexity index is 515. The third kappa shape index (κ3) is 5.18. The van der Waals surface area contributed by atoms with Gasteiger partial charge in [-0.2, -0.15) is 0 Å². The van der Waals surface area contributed by atoms with Crippen molar-refractivity contribution in [2.75, 3.05) is 26.3 Å². The molecule has 0 saturated carbocycles. The monoisotopic (exact) mass is 371 g/mol. The van der Waals surface area contributed by atoms with Crippen LogP contribution in [0.15, 0.2) is 28.7 Å². The van der Waals surface area contributed by atoms with Crippen molar-refractivity contribution in [3.05, 3.63) is 28.7 Å². The van der Waals surface area contributed by atoms with Crippen LogP contribution in [0.2, 0.25) is 0 Å². The number of nitrogens with zero attached hydrogens (tertiary/aromatic N) is 1. The predicted molar refractivity (Wildman–Crippen MR) is 87.2 cm³/mol. The minimum absolute atomic E-state index is 0.159. The average Bonchev–Trinajstić information content (AvgIpc) is 2.45. The molecule has 0 N–H and O–H groups in total. The Morgan fingerprint density at radius 3 is 2.82 bits per heavy atom. The second-order valence-corrected chi connectivity index (χ2v) is 7.01. The van der Waals surface area contributed by atoms with Crippen LogP contribution in [0.5, 0.6) is 5.75 Å².